The third-order valence-corrected chi connectivity index (χ3v) is 4.40. The highest BCUT2D eigenvalue weighted by Crippen LogP contribution is 2.40. The first-order valence-electron chi connectivity index (χ1n) is 8.83. The van der Waals surface area contributed by atoms with Crippen LogP contribution >= 0.6 is 0 Å². The molecule has 1 aromatic rings. The van der Waals surface area contributed by atoms with E-state index in [9.17, 15) is 9.90 Å². The molecule has 140 valence electrons. The molecule has 0 amide bonds. The normalized spacial score (nSPS) is 27.3. The van der Waals surface area contributed by atoms with Crippen LogP contribution < -0.4 is 5.73 Å². The Morgan fingerprint density at radius 1 is 1.48 bits per heavy atom. The first kappa shape index (κ1) is 19.7. The maximum absolute atomic E-state index is 12.3. The molecule has 2 heterocycles. The van der Waals surface area contributed by atoms with Gasteiger partial charge in [-0.05, 0) is 39.2 Å². The van der Waals surface area contributed by atoms with Crippen molar-refractivity contribution in [1.82, 2.24) is 4.98 Å². The van der Waals surface area contributed by atoms with Gasteiger partial charge in [-0.2, -0.15) is 0 Å². The molecule has 0 unspecified atom stereocenters. The van der Waals surface area contributed by atoms with Gasteiger partial charge in [0.15, 0.2) is 0 Å². The van der Waals surface area contributed by atoms with E-state index >= 15 is 0 Å². The summed E-state index contributed by atoms with van der Waals surface area (Å²) in [5.74, 6) is -0.432. The lowest BCUT2D eigenvalue weighted by molar-refractivity contribution is -0.176. The second-order valence-electron chi connectivity index (χ2n) is 8.11. The number of carbonyl (C=O) groups is 1. The number of aliphatic hydroxyl groups excluding tert-OH is 1. The number of anilines is 1. The number of ether oxygens (including phenoxy) is 2. The molecule has 4 atom stereocenters. The minimum atomic E-state index is -0.716. The molecule has 1 aromatic heterocycles. The maximum atomic E-state index is 12.3. The number of carbonyl (C=O) groups excluding carboxylic acids is 1. The molecule has 1 aliphatic rings. The number of esters is 1. The average Bonchev–Trinajstić information content (AvgIpc) is 2.47. The fourth-order valence-corrected chi connectivity index (χ4v) is 3.27. The predicted molar refractivity (Wildman–Crippen MR) is 95.7 cm³/mol. The third kappa shape index (κ3) is 5.16. The highest BCUT2D eigenvalue weighted by molar-refractivity contribution is 5.70. The van der Waals surface area contributed by atoms with Gasteiger partial charge in [0.1, 0.15) is 5.60 Å². The molecule has 1 aliphatic heterocycles. The Bertz CT molecular complexity index is 597. The minimum absolute atomic E-state index is 0.113. The SMILES string of the molecule is CC(C)[C@H]1O[C@@H](c2ccncc2N)C[C@@H](CC(=O)OC(C)(C)C)[C@@H]1O. The maximum Gasteiger partial charge on any atom is 0.306 e. The Kier molecular flexibility index (Phi) is 6.06. The van der Waals surface area contributed by atoms with Crippen LogP contribution in [0, 0.1) is 11.8 Å². The van der Waals surface area contributed by atoms with Crippen molar-refractivity contribution < 1.29 is 19.4 Å². The zero-order chi connectivity index (χ0) is 18.8. The van der Waals surface area contributed by atoms with Gasteiger partial charge in [-0.15, -0.1) is 0 Å². The summed E-state index contributed by atoms with van der Waals surface area (Å²) >= 11 is 0. The van der Waals surface area contributed by atoms with Crippen LogP contribution in [0.15, 0.2) is 18.5 Å². The van der Waals surface area contributed by atoms with E-state index in [1.54, 1.807) is 12.4 Å². The zero-order valence-corrected chi connectivity index (χ0v) is 15.7. The van der Waals surface area contributed by atoms with Gasteiger partial charge in [-0.25, -0.2) is 0 Å². The number of aromatic nitrogens is 1. The van der Waals surface area contributed by atoms with Crippen molar-refractivity contribution in [2.75, 3.05) is 5.73 Å². The van der Waals surface area contributed by atoms with Crippen LogP contribution in [0.2, 0.25) is 0 Å². The standard InChI is InChI=1S/C19H30N2O4/c1-11(2)18-17(23)12(9-16(22)25-19(3,4)5)8-15(24-18)13-6-7-21-10-14(13)20/h6-7,10-12,15,17-18,23H,8-9,20H2,1-5H3/t12-,15+,17-,18+/m0/s1. The van der Waals surface area contributed by atoms with E-state index in [0.29, 0.717) is 12.1 Å². The lowest BCUT2D eigenvalue weighted by Crippen LogP contribution is -2.46. The van der Waals surface area contributed by atoms with Gasteiger partial charge in [-0.3, -0.25) is 9.78 Å². The summed E-state index contributed by atoms with van der Waals surface area (Å²) in [5, 5.41) is 10.7. The molecule has 0 spiro atoms. The summed E-state index contributed by atoms with van der Waals surface area (Å²) in [4.78, 5) is 16.3. The van der Waals surface area contributed by atoms with E-state index in [1.165, 1.54) is 0 Å². The summed E-state index contributed by atoms with van der Waals surface area (Å²) in [6.07, 6.45) is 2.59. The Balaban J connectivity index is 2.20. The molecule has 1 saturated heterocycles. The summed E-state index contributed by atoms with van der Waals surface area (Å²) in [6, 6.07) is 1.83. The molecular formula is C19H30N2O4. The van der Waals surface area contributed by atoms with Gasteiger partial charge < -0.3 is 20.3 Å². The van der Waals surface area contributed by atoms with Crippen molar-refractivity contribution in [2.45, 2.75) is 71.4 Å². The first-order valence-corrected chi connectivity index (χ1v) is 8.83. The largest absolute Gasteiger partial charge is 0.460 e. The molecule has 1 fully saturated rings. The van der Waals surface area contributed by atoms with Crippen molar-refractivity contribution in [1.29, 1.82) is 0 Å². The van der Waals surface area contributed by atoms with Gasteiger partial charge in [0, 0.05) is 17.7 Å². The van der Waals surface area contributed by atoms with Gasteiger partial charge >= 0.3 is 5.97 Å². The van der Waals surface area contributed by atoms with Crippen LogP contribution in [0.3, 0.4) is 0 Å². The van der Waals surface area contributed by atoms with Crippen molar-refractivity contribution in [2.24, 2.45) is 11.8 Å². The number of rotatable bonds is 4. The van der Waals surface area contributed by atoms with E-state index in [-0.39, 0.29) is 36.4 Å². The molecule has 6 nitrogen and oxygen atoms in total. The van der Waals surface area contributed by atoms with Crippen LogP contribution in [0.5, 0.6) is 0 Å². The van der Waals surface area contributed by atoms with Crippen LogP contribution in [0.4, 0.5) is 5.69 Å². The number of nitrogen functional groups attached to an aromatic ring is 1. The quantitative estimate of drug-likeness (QED) is 0.811. The smallest absolute Gasteiger partial charge is 0.306 e. The van der Waals surface area contributed by atoms with Crippen molar-refractivity contribution in [3.63, 3.8) is 0 Å². The van der Waals surface area contributed by atoms with Crippen molar-refractivity contribution in [3.05, 3.63) is 24.0 Å². The van der Waals surface area contributed by atoms with E-state index in [0.717, 1.165) is 5.56 Å². The average molecular weight is 350 g/mol. The van der Waals surface area contributed by atoms with Gasteiger partial charge in [0.05, 0.1) is 36.6 Å². The van der Waals surface area contributed by atoms with E-state index in [4.69, 9.17) is 15.2 Å². The van der Waals surface area contributed by atoms with Crippen LogP contribution in [0.25, 0.3) is 0 Å². The molecule has 6 heteroatoms. The van der Waals surface area contributed by atoms with Crippen LogP contribution in [0.1, 0.15) is 59.1 Å². The van der Waals surface area contributed by atoms with Gasteiger partial charge in [-0.1, -0.05) is 13.8 Å². The minimum Gasteiger partial charge on any atom is -0.460 e. The fraction of sp³-hybridized carbons (Fsp3) is 0.684. The second-order valence-corrected chi connectivity index (χ2v) is 8.11. The molecule has 0 aromatic carbocycles. The number of hydrogen-bond acceptors (Lipinski definition) is 6. The number of nitrogens with two attached hydrogens (primary N) is 1. The lowest BCUT2D eigenvalue weighted by Gasteiger charge is -2.41. The summed E-state index contributed by atoms with van der Waals surface area (Å²) in [5.41, 5.74) is 6.91. The van der Waals surface area contributed by atoms with Crippen LogP contribution in [-0.2, 0) is 14.3 Å². The Morgan fingerprint density at radius 3 is 2.72 bits per heavy atom. The topological polar surface area (TPSA) is 94.7 Å². The van der Waals surface area contributed by atoms with Crippen molar-refractivity contribution >= 4 is 11.7 Å². The molecule has 3 N–H and O–H groups in total. The van der Waals surface area contributed by atoms with Crippen LogP contribution in [-0.4, -0.2) is 33.9 Å². The number of nitrogens with zero attached hydrogens (tertiary/aromatic N) is 1. The number of pyridine rings is 1. The molecule has 0 aliphatic carbocycles. The molecular weight excluding hydrogens is 320 g/mol. The molecule has 0 bridgehead atoms. The Morgan fingerprint density at radius 2 is 2.16 bits per heavy atom. The first-order chi connectivity index (χ1) is 11.6. The fourth-order valence-electron chi connectivity index (χ4n) is 3.27. The van der Waals surface area contributed by atoms with E-state index < -0.39 is 11.7 Å². The Hall–Kier alpha value is -1.66. The second kappa shape index (κ2) is 7.70. The highest BCUT2D eigenvalue weighted by atomic mass is 16.6. The Labute approximate surface area is 149 Å². The van der Waals surface area contributed by atoms with E-state index in [1.807, 2.05) is 40.7 Å². The van der Waals surface area contributed by atoms with Gasteiger partial charge in [0.2, 0.25) is 0 Å². The molecule has 0 radical (unpaired) electrons. The summed E-state index contributed by atoms with van der Waals surface area (Å²) < 4.78 is 11.6. The third-order valence-electron chi connectivity index (χ3n) is 4.40. The summed E-state index contributed by atoms with van der Waals surface area (Å²) in [7, 11) is 0. The monoisotopic (exact) mass is 350 g/mol. The highest BCUT2D eigenvalue weighted by Gasteiger charge is 2.41. The lowest BCUT2D eigenvalue weighted by atomic mass is 9.81. The van der Waals surface area contributed by atoms with Gasteiger partial charge in [0.25, 0.3) is 0 Å². The zero-order valence-electron chi connectivity index (χ0n) is 15.7. The number of hydrogen-bond donors (Lipinski definition) is 2. The predicted octanol–water partition coefficient (Wildman–Crippen LogP) is 2.86. The summed E-state index contributed by atoms with van der Waals surface area (Å²) in [6.45, 7) is 9.50. The molecule has 25 heavy (non-hydrogen) atoms. The molecule has 2 rings (SSSR count). The number of aliphatic hydroxyl groups is 1. The van der Waals surface area contributed by atoms with E-state index in [2.05, 4.69) is 4.98 Å². The molecule has 0 saturated carbocycles. The van der Waals surface area contributed by atoms with Crippen molar-refractivity contribution in [3.8, 4) is 0 Å².